The van der Waals surface area contributed by atoms with Gasteiger partial charge in [-0.1, -0.05) is 44.2 Å². The first-order chi connectivity index (χ1) is 10.5. The molecule has 0 unspecified atom stereocenters. The number of nitrogens with zero attached hydrogens (tertiary/aromatic N) is 1. The second-order valence-electron chi connectivity index (χ2n) is 6.03. The maximum Gasteiger partial charge on any atom is 0.416 e. The molecule has 3 rings (SSSR count). The molecule has 0 spiro atoms. The number of halogens is 3. The van der Waals surface area contributed by atoms with Crippen LogP contribution in [0.15, 0.2) is 30.5 Å². The standard InChI is InChI=1S/C17H19F3N2/c18-17(19,20)14-8-4-7-13(10-14)15-11-21-16(22-15)9-12-5-2-1-3-6-12/h4,7-8,10-12H,1-3,5-6,9H2,(H,21,22). The molecular weight excluding hydrogens is 289 g/mol. The minimum atomic E-state index is -4.32. The van der Waals surface area contributed by atoms with Gasteiger partial charge < -0.3 is 4.98 Å². The summed E-state index contributed by atoms with van der Waals surface area (Å²) in [6.45, 7) is 0. The number of benzene rings is 1. The van der Waals surface area contributed by atoms with Crippen molar-refractivity contribution in [1.82, 2.24) is 9.97 Å². The molecule has 1 aromatic carbocycles. The van der Waals surface area contributed by atoms with Crippen LogP contribution in [0, 0.1) is 5.92 Å². The van der Waals surface area contributed by atoms with E-state index in [0.29, 0.717) is 17.2 Å². The van der Waals surface area contributed by atoms with Crippen LogP contribution in [0.4, 0.5) is 13.2 Å². The molecule has 1 N–H and O–H groups in total. The average Bonchev–Trinajstić information content (AvgIpc) is 2.96. The molecule has 1 aliphatic rings. The van der Waals surface area contributed by atoms with Gasteiger partial charge in [-0.15, -0.1) is 0 Å². The van der Waals surface area contributed by atoms with Crippen LogP contribution in [0.3, 0.4) is 0 Å². The van der Waals surface area contributed by atoms with E-state index < -0.39 is 11.7 Å². The Hall–Kier alpha value is -1.78. The molecule has 2 nitrogen and oxygen atoms in total. The molecule has 1 fully saturated rings. The monoisotopic (exact) mass is 308 g/mol. The van der Waals surface area contributed by atoms with E-state index in [1.54, 1.807) is 12.3 Å². The molecule has 1 aromatic heterocycles. The van der Waals surface area contributed by atoms with Crippen molar-refractivity contribution < 1.29 is 13.2 Å². The number of rotatable bonds is 3. The number of aromatic nitrogens is 2. The van der Waals surface area contributed by atoms with E-state index in [-0.39, 0.29) is 0 Å². The molecule has 118 valence electrons. The Kier molecular flexibility index (Phi) is 4.23. The van der Waals surface area contributed by atoms with Gasteiger partial charge in [0, 0.05) is 12.0 Å². The molecule has 0 radical (unpaired) electrons. The topological polar surface area (TPSA) is 28.7 Å². The predicted molar refractivity (Wildman–Crippen MR) is 79.3 cm³/mol. The van der Waals surface area contributed by atoms with E-state index in [2.05, 4.69) is 9.97 Å². The summed E-state index contributed by atoms with van der Waals surface area (Å²) < 4.78 is 38.3. The van der Waals surface area contributed by atoms with E-state index in [4.69, 9.17) is 0 Å². The number of hydrogen-bond donors (Lipinski definition) is 1. The van der Waals surface area contributed by atoms with Crippen molar-refractivity contribution in [1.29, 1.82) is 0 Å². The highest BCUT2D eigenvalue weighted by atomic mass is 19.4. The Morgan fingerprint density at radius 3 is 2.64 bits per heavy atom. The highest BCUT2D eigenvalue weighted by Crippen LogP contribution is 2.32. The quantitative estimate of drug-likeness (QED) is 0.827. The van der Waals surface area contributed by atoms with Gasteiger partial charge in [0.15, 0.2) is 0 Å². The zero-order valence-corrected chi connectivity index (χ0v) is 12.3. The maximum atomic E-state index is 12.8. The SMILES string of the molecule is FC(F)(F)c1cccc(-c2cnc(CC3CCCCC3)[nH]2)c1. The number of alkyl halides is 3. The van der Waals surface area contributed by atoms with Crippen molar-refractivity contribution >= 4 is 0 Å². The number of aromatic amines is 1. The molecular formula is C17H19F3N2. The predicted octanol–water partition coefficient (Wildman–Crippen LogP) is 5.22. The van der Waals surface area contributed by atoms with E-state index in [1.165, 1.54) is 38.2 Å². The summed E-state index contributed by atoms with van der Waals surface area (Å²) in [7, 11) is 0. The lowest BCUT2D eigenvalue weighted by atomic mass is 9.87. The zero-order chi connectivity index (χ0) is 15.6. The van der Waals surface area contributed by atoms with E-state index in [0.717, 1.165) is 24.4 Å². The van der Waals surface area contributed by atoms with Gasteiger partial charge >= 0.3 is 6.18 Å². The Labute approximate surface area is 127 Å². The lowest BCUT2D eigenvalue weighted by Gasteiger charge is -2.20. The first kappa shape index (κ1) is 15.1. The molecule has 0 amide bonds. The highest BCUT2D eigenvalue weighted by molar-refractivity contribution is 5.59. The molecule has 0 atom stereocenters. The third kappa shape index (κ3) is 3.51. The molecule has 2 aromatic rings. The van der Waals surface area contributed by atoms with Crippen molar-refractivity contribution in [2.75, 3.05) is 0 Å². The fourth-order valence-electron chi connectivity index (χ4n) is 3.14. The van der Waals surface area contributed by atoms with Gasteiger partial charge in [0.1, 0.15) is 5.82 Å². The molecule has 1 heterocycles. The van der Waals surface area contributed by atoms with Crippen LogP contribution in [0.2, 0.25) is 0 Å². The van der Waals surface area contributed by atoms with Gasteiger partial charge in [-0.3, -0.25) is 0 Å². The Morgan fingerprint density at radius 1 is 1.14 bits per heavy atom. The third-order valence-corrected chi connectivity index (χ3v) is 4.34. The van der Waals surface area contributed by atoms with E-state index >= 15 is 0 Å². The van der Waals surface area contributed by atoms with Gasteiger partial charge in [0.25, 0.3) is 0 Å². The Balaban J connectivity index is 1.75. The number of hydrogen-bond acceptors (Lipinski definition) is 1. The molecule has 0 saturated heterocycles. The van der Waals surface area contributed by atoms with Crippen molar-refractivity contribution in [3.8, 4) is 11.3 Å². The largest absolute Gasteiger partial charge is 0.416 e. The summed E-state index contributed by atoms with van der Waals surface area (Å²) in [4.78, 5) is 7.52. The zero-order valence-electron chi connectivity index (χ0n) is 12.3. The van der Waals surface area contributed by atoms with Crippen molar-refractivity contribution in [3.63, 3.8) is 0 Å². The first-order valence-corrected chi connectivity index (χ1v) is 7.74. The van der Waals surface area contributed by atoms with Gasteiger partial charge in [-0.05, 0) is 18.1 Å². The summed E-state index contributed by atoms with van der Waals surface area (Å²) in [6, 6.07) is 5.35. The second-order valence-corrected chi connectivity index (χ2v) is 6.03. The van der Waals surface area contributed by atoms with Crippen LogP contribution in [-0.2, 0) is 12.6 Å². The fourth-order valence-corrected chi connectivity index (χ4v) is 3.14. The highest BCUT2D eigenvalue weighted by Gasteiger charge is 2.30. The maximum absolute atomic E-state index is 12.8. The fraction of sp³-hybridized carbons (Fsp3) is 0.471. The summed E-state index contributed by atoms with van der Waals surface area (Å²) in [5.41, 5.74) is 0.544. The Morgan fingerprint density at radius 2 is 1.91 bits per heavy atom. The van der Waals surface area contributed by atoms with Gasteiger partial charge in [0.05, 0.1) is 17.5 Å². The van der Waals surface area contributed by atoms with Crippen LogP contribution in [0.1, 0.15) is 43.5 Å². The van der Waals surface area contributed by atoms with Gasteiger partial charge in [0.2, 0.25) is 0 Å². The average molecular weight is 308 g/mol. The summed E-state index contributed by atoms with van der Waals surface area (Å²) in [5.74, 6) is 1.52. The number of H-pyrrole nitrogens is 1. The smallest absolute Gasteiger partial charge is 0.342 e. The molecule has 5 heteroatoms. The number of nitrogens with one attached hydrogen (secondary N) is 1. The van der Waals surface area contributed by atoms with Crippen LogP contribution in [0.5, 0.6) is 0 Å². The normalized spacial score (nSPS) is 16.9. The summed E-state index contributed by atoms with van der Waals surface area (Å²) in [6.07, 6.45) is 4.49. The molecule has 1 saturated carbocycles. The lowest BCUT2D eigenvalue weighted by molar-refractivity contribution is -0.137. The van der Waals surface area contributed by atoms with Crippen LogP contribution < -0.4 is 0 Å². The van der Waals surface area contributed by atoms with Crippen LogP contribution >= 0.6 is 0 Å². The Bertz CT molecular complexity index is 625. The summed E-state index contributed by atoms with van der Waals surface area (Å²) >= 11 is 0. The van der Waals surface area contributed by atoms with Gasteiger partial charge in [-0.2, -0.15) is 13.2 Å². The molecule has 1 aliphatic carbocycles. The van der Waals surface area contributed by atoms with E-state index in [1.807, 2.05) is 0 Å². The first-order valence-electron chi connectivity index (χ1n) is 7.74. The van der Waals surface area contributed by atoms with Crippen LogP contribution in [-0.4, -0.2) is 9.97 Å². The molecule has 22 heavy (non-hydrogen) atoms. The third-order valence-electron chi connectivity index (χ3n) is 4.34. The van der Waals surface area contributed by atoms with Crippen molar-refractivity contribution in [2.45, 2.75) is 44.7 Å². The minimum Gasteiger partial charge on any atom is -0.342 e. The van der Waals surface area contributed by atoms with Crippen LogP contribution in [0.25, 0.3) is 11.3 Å². The van der Waals surface area contributed by atoms with Crippen molar-refractivity contribution in [3.05, 3.63) is 41.9 Å². The van der Waals surface area contributed by atoms with E-state index in [9.17, 15) is 13.2 Å². The van der Waals surface area contributed by atoms with Gasteiger partial charge in [-0.25, -0.2) is 4.98 Å². The summed E-state index contributed by atoms with van der Waals surface area (Å²) in [5, 5.41) is 0. The minimum absolute atomic E-state index is 0.525. The second kappa shape index (κ2) is 6.15. The lowest BCUT2D eigenvalue weighted by Crippen LogP contribution is -2.10. The molecule has 0 aliphatic heterocycles. The van der Waals surface area contributed by atoms with Crippen molar-refractivity contribution in [2.24, 2.45) is 5.92 Å². The molecule has 0 bridgehead atoms. The number of imidazole rings is 1.